The van der Waals surface area contributed by atoms with Crippen LogP contribution in [0.5, 0.6) is 17.2 Å². The number of alkyl halides is 5. The molecule has 2 aromatic carbocycles. The number of hydrogen-bond donors (Lipinski definition) is 3. The molecule has 0 unspecified atom stereocenters. The fraction of sp³-hybridized carbons (Fsp3) is 0.136. The van der Waals surface area contributed by atoms with E-state index in [1.54, 1.807) is 0 Å². The zero-order valence-electron chi connectivity index (χ0n) is 18.1. The van der Waals surface area contributed by atoms with E-state index in [2.05, 4.69) is 20.4 Å². The van der Waals surface area contributed by atoms with Crippen molar-refractivity contribution in [2.45, 2.75) is 12.8 Å². The van der Waals surface area contributed by atoms with Crippen LogP contribution in [-0.4, -0.2) is 30.6 Å². The van der Waals surface area contributed by atoms with Gasteiger partial charge in [-0.05, 0) is 36.4 Å². The van der Waals surface area contributed by atoms with Gasteiger partial charge in [0.25, 0.3) is 5.91 Å². The van der Waals surface area contributed by atoms with Gasteiger partial charge in [0.05, 0.1) is 16.9 Å². The number of halogens is 6. The SMILES string of the molecule is CNC(=O)c1cc(Oc2ccc(NC(=O)Nc3cc(C(F)(F)F)ccc3OC(F)F)c(F)c2)ccn1. The van der Waals surface area contributed by atoms with Crippen molar-refractivity contribution in [3.63, 3.8) is 0 Å². The maximum atomic E-state index is 14.5. The molecule has 3 rings (SSSR count). The highest BCUT2D eigenvalue weighted by atomic mass is 19.4. The van der Waals surface area contributed by atoms with Gasteiger partial charge >= 0.3 is 18.8 Å². The fourth-order valence-electron chi connectivity index (χ4n) is 2.80. The van der Waals surface area contributed by atoms with Gasteiger partial charge in [0.2, 0.25) is 0 Å². The van der Waals surface area contributed by atoms with Crippen molar-refractivity contribution < 1.29 is 45.4 Å². The summed E-state index contributed by atoms with van der Waals surface area (Å²) in [7, 11) is 1.41. The summed E-state index contributed by atoms with van der Waals surface area (Å²) in [5.41, 5.74) is -2.30. The van der Waals surface area contributed by atoms with Crippen LogP contribution in [0.4, 0.5) is 42.5 Å². The summed E-state index contributed by atoms with van der Waals surface area (Å²) in [6.45, 7) is -3.37. The highest BCUT2D eigenvalue weighted by molar-refractivity contribution is 6.00. The highest BCUT2D eigenvalue weighted by Crippen LogP contribution is 2.36. The summed E-state index contributed by atoms with van der Waals surface area (Å²) >= 11 is 0. The number of benzene rings is 2. The first-order valence-corrected chi connectivity index (χ1v) is 9.86. The number of pyridine rings is 1. The Morgan fingerprint density at radius 1 is 0.944 bits per heavy atom. The number of carbonyl (C=O) groups excluding carboxylic acids is 2. The smallest absolute Gasteiger partial charge is 0.416 e. The molecule has 3 amide bonds. The largest absolute Gasteiger partial charge is 0.457 e. The average molecular weight is 514 g/mol. The Morgan fingerprint density at radius 3 is 2.28 bits per heavy atom. The number of nitrogens with zero attached hydrogens (tertiary/aromatic N) is 1. The number of ether oxygens (including phenoxy) is 2. The Morgan fingerprint density at radius 2 is 1.64 bits per heavy atom. The molecule has 1 heterocycles. The molecule has 0 aliphatic carbocycles. The van der Waals surface area contributed by atoms with Crippen LogP contribution in [0.15, 0.2) is 54.7 Å². The van der Waals surface area contributed by atoms with Gasteiger partial charge in [-0.3, -0.25) is 9.78 Å². The molecule has 0 atom stereocenters. The number of amides is 3. The van der Waals surface area contributed by atoms with Crippen molar-refractivity contribution in [3.05, 3.63) is 71.8 Å². The minimum absolute atomic E-state index is 0.0157. The lowest BCUT2D eigenvalue weighted by Crippen LogP contribution is -2.21. The van der Waals surface area contributed by atoms with Crippen molar-refractivity contribution in [1.29, 1.82) is 0 Å². The molecule has 0 bridgehead atoms. The predicted octanol–water partition coefficient (Wildman–Crippen LogP) is 5.64. The number of carbonyl (C=O) groups is 2. The Bertz CT molecular complexity index is 1270. The third-order valence-corrected chi connectivity index (χ3v) is 4.39. The maximum absolute atomic E-state index is 14.5. The van der Waals surface area contributed by atoms with Gasteiger partial charge in [0.15, 0.2) is 0 Å². The number of aromatic nitrogens is 1. The second kappa shape index (κ2) is 10.8. The molecule has 0 aliphatic rings. The van der Waals surface area contributed by atoms with Crippen LogP contribution < -0.4 is 25.4 Å². The zero-order chi connectivity index (χ0) is 26.5. The Kier molecular flexibility index (Phi) is 7.86. The molecule has 0 radical (unpaired) electrons. The van der Waals surface area contributed by atoms with E-state index in [1.807, 2.05) is 5.32 Å². The summed E-state index contributed by atoms with van der Waals surface area (Å²) in [6, 6.07) is 6.25. The molecule has 36 heavy (non-hydrogen) atoms. The van der Waals surface area contributed by atoms with Crippen molar-refractivity contribution in [3.8, 4) is 17.2 Å². The predicted molar refractivity (Wildman–Crippen MR) is 115 cm³/mol. The van der Waals surface area contributed by atoms with E-state index in [4.69, 9.17) is 4.74 Å². The lowest BCUT2D eigenvalue weighted by atomic mass is 10.2. The Hall–Kier alpha value is -4.49. The standard InChI is InChI=1S/C22H16F6N4O4/c1-29-19(33)17-10-13(6-7-30-17)35-12-3-4-15(14(23)9-12)31-21(34)32-16-8-11(22(26,27)28)2-5-18(16)36-20(24)25/h2-10,20H,1H3,(H,29,33)(H2,31,32,34). The van der Waals surface area contributed by atoms with E-state index in [0.717, 1.165) is 12.1 Å². The van der Waals surface area contributed by atoms with Crippen LogP contribution in [-0.2, 0) is 6.18 Å². The van der Waals surface area contributed by atoms with Crippen LogP contribution in [0.3, 0.4) is 0 Å². The second-order valence-corrected chi connectivity index (χ2v) is 6.87. The van der Waals surface area contributed by atoms with Crippen LogP contribution in [0.1, 0.15) is 16.1 Å². The monoisotopic (exact) mass is 514 g/mol. The van der Waals surface area contributed by atoms with E-state index in [0.29, 0.717) is 18.2 Å². The lowest BCUT2D eigenvalue weighted by molar-refractivity contribution is -0.137. The number of rotatable bonds is 7. The molecule has 0 aliphatic heterocycles. The fourth-order valence-corrected chi connectivity index (χ4v) is 2.80. The number of urea groups is 1. The molecule has 0 spiro atoms. The molecular formula is C22H16F6N4O4. The molecule has 0 saturated carbocycles. The number of anilines is 2. The minimum atomic E-state index is -4.83. The summed E-state index contributed by atoms with van der Waals surface area (Å²) in [6.07, 6.45) is -3.52. The van der Waals surface area contributed by atoms with Gasteiger partial charge in [-0.2, -0.15) is 22.0 Å². The molecular weight excluding hydrogens is 498 g/mol. The first kappa shape index (κ1) is 26.1. The molecule has 0 saturated heterocycles. The van der Waals surface area contributed by atoms with E-state index in [-0.39, 0.29) is 17.2 Å². The van der Waals surface area contributed by atoms with Gasteiger partial charge in [-0.1, -0.05) is 0 Å². The second-order valence-electron chi connectivity index (χ2n) is 6.87. The first-order valence-electron chi connectivity index (χ1n) is 9.86. The molecule has 3 aromatic rings. The maximum Gasteiger partial charge on any atom is 0.416 e. The lowest BCUT2D eigenvalue weighted by Gasteiger charge is -2.15. The van der Waals surface area contributed by atoms with Crippen molar-refractivity contribution in [1.82, 2.24) is 10.3 Å². The molecule has 3 N–H and O–H groups in total. The molecule has 8 nitrogen and oxygen atoms in total. The number of hydrogen-bond acceptors (Lipinski definition) is 5. The molecule has 14 heteroatoms. The normalized spacial score (nSPS) is 11.1. The van der Waals surface area contributed by atoms with Gasteiger partial charge in [0.1, 0.15) is 28.8 Å². The van der Waals surface area contributed by atoms with E-state index >= 15 is 0 Å². The van der Waals surface area contributed by atoms with Crippen LogP contribution in [0.25, 0.3) is 0 Å². The summed E-state index contributed by atoms with van der Waals surface area (Å²) in [4.78, 5) is 27.8. The summed E-state index contributed by atoms with van der Waals surface area (Å²) in [5.74, 6) is -2.04. The first-order chi connectivity index (χ1) is 17.0. The quantitative estimate of drug-likeness (QED) is 0.355. The Labute approximate surface area is 199 Å². The summed E-state index contributed by atoms with van der Waals surface area (Å²) < 4.78 is 88.2. The molecule has 190 valence electrons. The average Bonchev–Trinajstić information content (AvgIpc) is 2.80. The van der Waals surface area contributed by atoms with Crippen LogP contribution in [0.2, 0.25) is 0 Å². The van der Waals surface area contributed by atoms with Crippen LogP contribution >= 0.6 is 0 Å². The van der Waals surface area contributed by atoms with Gasteiger partial charge < -0.3 is 25.4 Å². The molecule has 0 fully saturated rings. The summed E-state index contributed by atoms with van der Waals surface area (Å²) in [5, 5.41) is 6.37. The van der Waals surface area contributed by atoms with Gasteiger partial charge in [-0.25, -0.2) is 9.18 Å². The van der Waals surface area contributed by atoms with Crippen molar-refractivity contribution in [2.75, 3.05) is 17.7 Å². The highest BCUT2D eigenvalue weighted by Gasteiger charge is 2.31. The van der Waals surface area contributed by atoms with E-state index < -0.39 is 53.2 Å². The van der Waals surface area contributed by atoms with Crippen molar-refractivity contribution in [2.24, 2.45) is 0 Å². The van der Waals surface area contributed by atoms with Crippen molar-refractivity contribution >= 4 is 23.3 Å². The zero-order valence-corrected chi connectivity index (χ0v) is 18.1. The van der Waals surface area contributed by atoms with E-state index in [9.17, 15) is 35.9 Å². The van der Waals surface area contributed by atoms with Gasteiger partial charge in [-0.15, -0.1) is 0 Å². The van der Waals surface area contributed by atoms with Gasteiger partial charge in [0, 0.05) is 25.4 Å². The molecule has 1 aromatic heterocycles. The third-order valence-electron chi connectivity index (χ3n) is 4.39. The third kappa shape index (κ3) is 6.77. The minimum Gasteiger partial charge on any atom is -0.457 e. The topological polar surface area (TPSA) is 102 Å². The Balaban J connectivity index is 1.74. The van der Waals surface area contributed by atoms with E-state index in [1.165, 1.54) is 31.4 Å². The van der Waals surface area contributed by atoms with Crippen LogP contribution in [0, 0.1) is 5.82 Å². The number of nitrogens with one attached hydrogen (secondary N) is 3.